The Morgan fingerprint density at radius 3 is 2.77 bits per heavy atom. The first kappa shape index (κ1) is 18.6. The van der Waals surface area contributed by atoms with E-state index in [0.29, 0.717) is 24.0 Å². The third kappa shape index (κ3) is 4.13. The molecular weight excluding hydrogens is 354 g/mol. The quantitative estimate of drug-likeness (QED) is 0.566. The molecule has 26 heavy (non-hydrogen) atoms. The number of aromatic nitrogens is 2. The van der Waals surface area contributed by atoms with Crippen LogP contribution < -0.4 is 4.74 Å². The highest BCUT2D eigenvalue weighted by Gasteiger charge is 2.26. The molecule has 0 bridgehead atoms. The van der Waals surface area contributed by atoms with Crippen molar-refractivity contribution in [1.82, 2.24) is 14.7 Å². The summed E-state index contributed by atoms with van der Waals surface area (Å²) in [4.78, 5) is 14.2. The lowest BCUT2D eigenvalue weighted by molar-refractivity contribution is -0.147. The minimum absolute atomic E-state index is 0.0184. The van der Waals surface area contributed by atoms with Gasteiger partial charge in [-0.25, -0.2) is 4.68 Å². The number of hydrogen-bond donors (Lipinski definition) is 0. The predicted molar refractivity (Wildman–Crippen MR) is 98.2 cm³/mol. The first-order valence-corrected chi connectivity index (χ1v) is 9.13. The highest BCUT2D eigenvalue weighted by molar-refractivity contribution is 7.71. The molecule has 2 heterocycles. The van der Waals surface area contributed by atoms with Crippen molar-refractivity contribution in [3.05, 3.63) is 29.1 Å². The van der Waals surface area contributed by atoms with Crippen LogP contribution in [-0.2, 0) is 16.2 Å². The molecule has 0 saturated carbocycles. The van der Waals surface area contributed by atoms with E-state index in [1.54, 1.807) is 4.68 Å². The maximum absolute atomic E-state index is 11.6. The molecular formula is C18H23N3O4S. The summed E-state index contributed by atoms with van der Waals surface area (Å²) >= 11 is 5.32. The Balaban J connectivity index is 1.70. The highest BCUT2D eigenvalue weighted by atomic mass is 32.1. The average molecular weight is 377 g/mol. The van der Waals surface area contributed by atoms with Gasteiger partial charge >= 0.3 is 5.97 Å². The van der Waals surface area contributed by atoms with Crippen LogP contribution >= 0.6 is 12.2 Å². The lowest BCUT2D eigenvalue weighted by Gasteiger charge is -2.29. The molecule has 0 atom stereocenters. The van der Waals surface area contributed by atoms with Gasteiger partial charge < -0.3 is 13.9 Å². The Bertz CT molecular complexity index is 809. The molecule has 0 aliphatic carbocycles. The van der Waals surface area contributed by atoms with Gasteiger partial charge in [0.05, 0.1) is 31.9 Å². The number of likely N-dealkylation sites (tertiary alicyclic amines) is 1. The maximum atomic E-state index is 11.6. The van der Waals surface area contributed by atoms with Crippen molar-refractivity contribution < 1.29 is 18.7 Å². The van der Waals surface area contributed by atoms with Crippen LogP contribution in [0.3, 0.4) is 0 Å². The highest BCUT2D eigenvalue weighted by Crippen LogP contribution is 2.29. The van der Waals surface area contributed by atoms with Crippen molar-refractivity contribution in [2.75, 3.05) is 26.8 Å². The van der Waals surface area contributed by atoms with Gasteiger partial charge in [0.25, 0.3) is 10.7 Å². The zero-order valence-electron chi connectivity index (χ0n) is 15.0. The van der Waals surface area contributed by atoms with E-state index < -0.39 is 0 Å². The van der Waals surface area contributed by atoms with Crippen molar-refractivity contribution in [2.45, 2.75) is 26.4 Å². The SMILES string of the molecule is CCOc1ccccc1-c1nn(CN2CCC(C(=O)OC)CC2)c(=S)o1. The average Bonchev–Trinajstić information content (AvgIpc) is 3.03. The third-order valence-corrected chi connectivity index (χ3v) is 4.77. The molecule has 0 unspecified atom stereocenters. The molecule has 2 aromatic rings. The van der Waals surface area contributed by atoms with E-state index in [9.17, 15) is 4.79 Å². The Labute approximate surface area is 157 Å². The van der Waals surface area contributed by atoms with Crippen molar-refractivity contribution in [1.29, 1.82) is 0 Å². The number of ether oxygens (including phenoxy) is 2. The van der Waals surface area contributed by atoms with E-state index in [1.165, 1.54) is 7.11 Å². The molecule has 1 fully saturated rings. The zero-order chi connectivity index (χ0) is 18.5. The van der Waals surface area contributed by atoms with Crippen LogP contribution in [0.2, 0.25) is 0 Å². The second-order valence-electron chi connectivity index (χ2n) is 6.16. The monoisotopic (exact) mass is 377 g/mol. The van der Waals surface area contributed by atoms with Gasteiger partial charge in [-0.1, -0.05) is 12.1 Å². The number of carbonyl (C=O) groups excluding carboxylic acids is 1. The van der Waals surface area contributed by atoms with E-state index in [4.69, 9.17) is 26.1 Å². The van der Waals surface area contributed by atoms with Gasteiger partial charge in [0.15, 0.2) is 0 Å². The van der Waals surface area contributed by atoms with E-state index in [0.717, 1.165) is 37.2 Å². The van der Waals surface area contributed by atoms with Gasteiger partial charge in [-0.05, 0) is 44.1 Å². The number of esters is 1. The third-order valence-electron chi connectivity index (χ3n) is 4.48. The van der Waals surface area contributed by atoms with Crippen LogP contribution in [0.5, 0.6) is 5.75 Å². The number of hydrogen-bond acceptors (Lipinski definition) is 7. The zero-order valence-corrected chi connectivity index (χ0v) is 15.8. The number of para-hydroxylation sites is 1. The number of rotatable bonds is 6. The lowest BCUT2D eigenvalue weighted by atomic mass is 9.97. The van der Waals surface area contributed by atoms with Gasteiger partial charge in [0.1, 0.15) is 5.75 Å². The summed E-state index contributed by atoms with van der Waals surface area (Å²) < 4.78 is 17.8. The first-order valence-electron chi connectivity index (χ1n) is 8.72. The number of carbonyl (C=O) groups is 1. The van der Waals surface area contributed by atoms with Gasteiger partial charge in [0, 0.05) is 13.1 Å². The predicted octanol–water partition coefficient (Wildman–Crippen LogP) is 3.11. The minimum Gasteiger partial charge on any atom is -0.493 e. The Kier molecular flexibility index (Phi) is 6.05. The van der Waals surface area contributed by atoms with E-state index >= 15 is 0 Å². The minimum atomic E-state index is -0.127. The fourth-order valence-electron chi connectivity index (χ4n) is 3.10. The number of piperidine rings is 1. The summed E-state index contributed by atoms with van der Waals surface area (Å²) in [6.07, 6.45) is 1.55. The van der Waals surface area contributed by atoms with Crippen molar-refractivity contribution >= 4 is 18.2 Å². The topological polar surface area (TPSA) is 69.7 Å². The molecule has 1 aromatic heterocycles. The van der Waals surface area contributed by atoms with E-state index in [2.05, 4.69) is 10.00 Å². The first-order chi connectivity index (χ1) is 12.6. The Hall–Kier alpha value is -2.19. The van der Waals surface area contributed by atoms with Crippen molar-refractivity contribution in [2.24, 2.45) is 5.92 Å². The number of methoxy groups -OCH3 is 1. The summed E-state index contributed by atoms with van der Waals surface area (Å²) in [7, 11) is 1.44. The van der Waals surface area contributed by atoms with Crippen LogP contribution in [-0.4, -0.2) is 47.5 Å². The Morgan fingerprint density at radius 2 is 2.08 bits per heavy atom. The molecule has 3 rings (SSSR count). The largest absolute Gasteiger partial charge is 0.493 e. The summed E-state index contributed by atoms with van der Waals surface area (Å²) in [5.41, 5.74) is 0.781. The van der Waals surface area contributed by atoms with Crippen LogP contribution in [0, 0.1) is 10.8 Å². The number of benzene rings is 1. The standard InChI is InChI=1S/C18H23N3O4S/c1-3-24-15-7-5-4-6-14(15)16-19-21(18(26)25-16)12-20-10-8-13(9-11-20)17(22)23-2/h4-7,13H,3,8-12H2,1-2H3. The normalized spacial score (nSPS) is 15.8. The van der Waals surface area contributed by atoms with Crippen LogP contribution in [0.4, 0.5) is 0 Å². The summed E-state index contributed by atoms with van der Waals surface area (Å²) in [6.45, 7) is 4.61. The van der Waals surface area contributed by atoms with Crippen LogP contribution in [0.15, 0.2) is 28.7 Å². The van der Waals surface area contributed by atoms with Gasteiger partial charge in [-0.2, -0.15) is 0 Å². The summed E-state index contributed by atoms with van der Waals surface area (Å²) in [5, 5.41) is 4.52. The molecule has 1 aliphatic heterocycles. The van der Waals surface area contributed by atoms with Gasteiger partial charge in [0.2, 0.25) is 0 Å². The second kappa shape index (κ2) is 8.46. The van der Waals surface area contributed by atoms with Gasteiger partial charge in [-0.3, -0.25) is 9.69 Å². The smallest absolute Gasteiger partial charge is 0.308 e. The molecule has 8 heteroatoms. The van der Waals surface area contributed by atoms with Crippen molar-refractivity contribution in [3.8, 4) is 17.2 Å². The molecule has 1 aromatic carbocycles. The summed E-state index contributed by atoms with van der Waals surface area (Å²) in [5.74, 6) is 1.02. The molecule has 140 valence electrons. The number of nitrogens with zero attached hydrogens (tertiary/aromatic N) is 3. The molecule has 0 radical (unpaired) electrons. The van der Waals surface area contributed by atoms with E-state index in [-0.39, 0.29) is 11.9 Å². The maximum Gasteiger partial charge on any atom is 0.308 e. The molecule has 7 nitrogen and oxygen atoms in total. The second-order valence-corrected chi connectivity index (χ2v) is 6.51. The molecule has 0 amide bonds. The van der Waals surface area contributed by atoms with Crippen LogP contribution in [0.1, 0.15) is 19.8 Å². The summed E-state index contributed by atoms with van der Waals surface area (Å²) in [6, 6.07) is 7.60. The van der Waals surface area contributed by atoms with E-state index in [1.807, 2.05) is 31.2 Å². The van der Waals surface area contributed by atoms with Crippen LogP contribution in [0.25, 0.3) is 11.5 Å². The lowest BCUT2D eigenvalue weighted by Crippen LogP contribution is -2.38. The Morgan fingerprint density at radius 1 is 1.35 bits per heavy atom. The molecule has 0 spiro atoms. The molecule has 1 aliphatic rings. The molecule has 1 saturated heterocycles. The fourth-order valence-corrected chi connectivity index (χ4v) is 3.27. The fraction of sp³-hybridized carbons (Fsp3) is 0.500. The molecule has 0 N–H and O–H groups in total. The van der Waals surface area contributed by atoms with Crippen molar-refractivity contribution in [3.63, 3.8) is 0 Å². The van der Waals surface area contributed by atoms with Gasteiger partial charge in [-0.15, -0.1) is 5.10 Å².